The van der Waals surface area contributed by atoms with Crippen molar-refractivity contribution < 1.29 is 13.5 Å². The van der Waals surface area contributed by atoms with Crippen LogP contribution in [0.25, 0.3) is 11.3 Å². The van der Waals surface area contributed by atoms with Gasteiger partial charge in [-0.25, -0.2) is 17.7 Å². The smallest absolute Gasteiger partial charge is 0.211 e. The number of aliphatic hydroxyl groups is 1. The lowest BCUT2D eigenvalue weighted by atomic mass is 9.53. The van der Waals surface area contributed by atoms with Crippen LogP contribution >= 0.6 is 0 Å². The van der Waals surface area contributed by atoms with Crippen LogP contribution in [0.2, 0.25) is 0 Å². The van der Waals surface area contributed by atoms with Crippen LogP contribution in [0.3, 0.4) is 0 Å². The Morgan fingerprint density at radius 2 is 1.96 bits per heavy atom. The molecule has 1 aromatic heterocycles. The molecule has 7 heteroatoms. The van der Waals surface area contributed by atoms with E-state index in [1.807, 2.05) is 18.6 Å². The molecule has 26 heavy (non-hydrogen) atoms. The van der Waals surface area contributed by atoms with Crippen molar-refractivity contribution >= 4 is 10.0 Å². The number of piperidine rings is 1. The molecule has 1 saturated carbocycles. The van der Waals surface area contributed by atoms with Gasteiger partial charge in [0.25, 0.3) is 0 Å². The summed E-state index contributed by atoms with van der Waals surface area (Å²) in [5.41, 5.74) is 3.45. The van der Waals surface area contributed by atoms with Gasteiger partial charge < -0.3 is 9.67 Å². The fourth-order valence-electron chi connectivity index (χ4n) is 5.35. The zero-order valence-corrected chi connectivity index (χ0v) is 15.6. The van der Waals surface area contributed by atoms with E-state index in [-0.39, 0.29) is 17.4 Å². The summed E-state index contributed by atoms with van der Waals surface area (Å²) in [4.78, 5) is 4.31. The lowest BCUT2D eigenvalue weighted by Crippen LogP contribution is -2.59. The van der Waals surface area contributed by atoms with Gasteiger partial charge in [0.05, 0.1) is 36.6 Å². The van der Waals surface area contributed by atoms with Crippen LogP contribution in [0.5, 0.6) is 0 Å². The Balaban J connectivity index is 1.40. The number of fused-ring (bicyclic) bond motifs is 3. The number of hydrogen-bond donors (Lipinski definition) is 1. The van der Waals surface area contributed by atoms with Gasteiger partial charge in [0, 0.05) is 24.6 Å². The van der Waals surface area contributed by atoms with Crippen molar-refractivity contribution in [1.82, 2.24) is 13.9 Å². The molecule has 0 radical (unpaired) electrons. The average Bonchev–Trinajstić information content (AvgIpc) is 3.20. The molecule has 6 nitrogen and oxygen atoms in total. The fourth-order valence-corrected chi connectivity index (χ4v) is 6.20. The fraction of sp³-hybridized carbons (Fsp3) is 0.526. The maximum Gasteiger partial charge on any atom is 0.211 e. The molecule has 1 spiro atoms. The molecule has 3 atom stereocenters. The third-order valence-corrected chi connectivity index (χ3v) is 8.09. The molecule has 1 aromatic carbocycles. The topological polar surface area (TPSA) is 75.4 Å². The first-order chi connectivity index (χ1) is 12.4. The Labute approximate surface area is 153 Å². The molecule has 2 fully saturated rings. The van der Waals surface area contributed by atoms with Crippen molar-refractivity contribution in [1.29, 1.82) is 0 Å². The van der Waals surface area contributed by atoms with Crippen LogP contribution in [0.4, 0.5) is 0 Å². The summed E-state index contributed by atoms with van der Waals surface area (Å²) in [6.45, 7) is 1.03. The van der Waals surface area contributed by atoms with Gasteiger partial charge in [0.1, 0.15) is 0 Å². The normalized spacial score (nSPS) is 30.0. The zero-order valence-electron chi connectivity index (χ0n) is 14.7. The Morgan fingerprint density at radius 1 is 1.23 bits per heavy atom. The Kier molecular flexibility index (Phi) is 3.42. The average molecular weight is 373 g/mol. The van der Waals surface area contributed by atoms with E-state index in [1.165, 1.54) is 21.7 Å². The lowest BCUT2D eigenvalue weighted by molar-refractivity contribution is -0.152. The predicted molar refractivity (Wildman–Crippen MR) is 98.0 cm³/mol. The second-order valence-corrected chi connectivity index (χ2v) is 10.0. The zero-order chi connectivity index (χ0) is 18.1. The van der Waals surface area contributed by atoms with Crippen LogP contribution in [0.1, 0.15) is 30.9 Å². The van der Waals surface area contributed by atoms with Gasteiger partial charge in [-0.15, -0.1) is 0 Å². The molecule has 138 valence electrons. The minimum atomic E-state index is -3.14. The van der Waals surface area contributed by atoms with Crippen LogP contribution < -0.4 is 0 Å². The number of imidazole rings is 1. The van der Waals surface area contributed by atoms with Gasteiger partial charge in [-0.3, -0.25) is 0 Å². The molecule has 1 N–H and O–H groups in total. The molecule has 1 saturated heterocycles. The van der Waals surface area contributed by atoms with Crippen LogP contribution in [-0.4, -0.2) is 52.8 Å². The Morgan fingerprint density at radius 3 is 2.65 bits per heavy atom. The number of benzene rings is 1. The number of aliphatic hydroxyl groups excluding tert-OH is 1. The van der Waals surface area contributed by atoms with Gasteiger partial charge in [-0.05, 0) is 30.2 Å². The van der Waals surface area contributed by atoms with E-state index in [0.29, 0.717) is 13.1 Å². The van der Waals surface area contributed by atoms with E-state index in [1.54, 1.807) is 0 Å². The highest BCUT2D eigenvalue weighted by Gasteiger charge is 2.58. The largest absolute Gasteiger partial charge is 0.392 e. The number of nitrogens with zero attached hydrogens (tertiary/aromatic N) is 3. The number of rotatable bonds is 2. The number of sulfonamides is 1. The van der Waals surface area contributed by atoms with Crippen molar-refractivity contribution in [3.05, 3.63) is 42.4 Å². The van der Waals surface area contributed by atoms with Crippen molar-refractivity contribution in [3.63, 3.8) is 0 Å². The highest BCUT2D eigenvalue weighted by atomic mass is 32.2. The van der Waals surface area contributed by atoms with Crippen molar-refractivity contribution in [3.8, 4) is 11.3 Å². The summed E-state index contributed by atoms with van der Waals surface area (Å²) in [5.74, 6) is 0.149. The number of hydrogen-bond acceptors (Lipinski definition) is 4. The molecular formula is C19H23N3O3S. The molecule has 0 bridgehead atoms. The first kappa shape index (κ1) is 16.5. The Bertz CT molecular complexity index is 960. The van der Waals surface area contributed by atoms with E-state index in [0.717, 1.165) is 25.0 Å². The van der Waals surface area contributed by atoms with Gasteiger partial charge >= 0.3 is 0 Å². The molecule has 0 unspecified atom stereocenters. The van der Waals surface area contributed by atoms with Crippen molar-refractivity contribution in [2.75, 3.05) is 19.3 Å². The summed E-state index contributed by atoms with van der Waals surface area (Å²) >= 11 is 0. The van der Waals surface area contributed by atoms with Crippen molar-refractivity contribution in [2.24, 2.45) is 11.3 Å². The predicted octanol–water partition coefficient (Wildman–Crippen LogP) is 1.88. The van der Waals surface area contributed by atoms with E-state index in [4.69, 9.17) is 0 Å². The highest BCUT2D eigenvalue weighted by Crippen LogP contribution is 2.59. The second kappa shape index (κ2) is 5.41. The molecular weight excluding hydrogens is 350 g/mol. The monoisotopic (exact) mass is 373 g/mol. The maximum absolute atomic E-state index is 11.8. The minimum absolute atomic E-state index is 0.122. The first-order valence-corrected chi connectivity index (χ1v) is 11.0. The lowest BCUT2D eigenvalue weighted by Gasteiger charge is -2.57. The van der Waals surface area contributed by atoms with Crippen LogP contribution in [0.15, 0.2) is 36.8 Å². The van der Waals surface area contributed by atoms with Crippen molar-refractivity contribution in [2.45, 2.75) is 31.4 Å². The standard InChI is InChI=1S/C19H23N3O3S/c1-26(24,25)21-8-6-19(7-9-21)10-15(18(19)23)17-14-5-3-2-4-13(14)16-11-20-12-22(16)17/h2-5,11-12,15,17-18,23H,6-10H2,1H3/t15-,17-,18-/m0/s1. The number of aromatic nitrogens is 2. The summed E-state index contributed by atoms with van der Waals surface area (Å²) < 4.78 is 27.2. The van der Waals surface area contributed by atoms with E-state index < -0.39 is 16.1 Å². The second-order valence-electron chi connectivity index (χ2n) is 8.06. The van der Waals surface area contributed by atoms with E-state index >= 15 is 0 Å². The van der Waals surface area contributed by atoms with E-state index in [2.05, 4.69) is 27.8 Å². The van der Waals surface area contributed by atoms with Gasteiger partial charge in [-0.2, -0.15) is 0 Å². The molecule has 2 aliphatic heterocycles. The molecule has 0 amide bonds. The SMILES string of the molecule is CS(=O)(=O)N1CCC2(CC1)C[C@@H]([C@@H]1c3ccccc3-c3cncn31)[C@@H]2O. The highest BCUT2D eigenvalue weighted by molar-refractivity contribution is 7.88. The van der Waals surface area contributed by atoms with Crippen LogP contribution in [0, 0.1) is 11.3 Å². The molecule has 1 aliphatic carbocycles. The Hall–Kier alpha value is -1.70. The molecule has 5 rings (SSSR count). The minimum Gasteiger partial charge on any atom is -0.392 e. The summed E-state index contributed by atoms with van der Waals surface area (Å²) in [6, 6.07) is 8.48. The van der Waals surface area contributed by atoms with Gasteiger partial charge in [0.15, 0.2) is 0 Å². The molecule has 3 heterocycles. The summed E-state index contributed by atoms with van der Waals surface area (Å²) in [7, 11) is -3.14. The van der Waals surface area contributed by atoms with Gasteiger partial charge in [-0.1, -0.05) is 24.3 Å². The van der Waals surface area contributed by atoms with Gasteiger partial charge in [0.2, 0.25) is 10.0 Å². The van der Waals surface area contributed by atoms with Crippen LogP contribution in [-0.2, 0) is 10.0 Å². The first-order valence-electron chi connectivity index (χ1n) is 9.15. The quantitative estimate of drug-likeness (QED) is 0.872. The summed E-state index contributed by atoms with van der Waals surface area (Å²) in [5, 5.41) is 11.1. The third kappa shape index (κ3) is 2.17. The molecule has 3 aliphatic rings. The van der Waals surface area contributed by atoms with E-state index in [9.17, 15) is 13.5 Å². The summed E-state index contributed by atoms with van der Waals surface area (Å²) in [6.07, 6.45) is 7.03. The third-order valence-electron chi connectivity index (χ3n) is 6.79. The molecule has 2 aromatic rings. The maximum atomic E-state index is 11.8.